The summed E-state index contributed by atoms with van der Waals surface area (Å²) in [5.41, 5.74) is 8.56. The zero-order chi connectivity index (χ0) is 20.4. The van der Waals surface area contributed by atoms with Gasteiger partial charge in [-0.3, -0.25) is 14.3 Å². The van der Waals surface area contributed by atoms with E-state index in [1.165, 1.54) is 0 Å². The first-order valence-corrected chi connectivity index (χ1v) is 8.13. The standard InChI is InChI=1S/C14H21N7.2CH2O2/c1-9-6-12(19-20(9)3)11-7-13(18-14(15)17-11)21-5-4-10(8-21)16-2;2*2-1-3/h6-7,10,16H,4-5,8H2,1-3H3,(H2,15,17,18);2*1H,(H,2,3)/t10-;;/m1../s1. The van der Waals surface area contributed by atoms with Gasteiger partial charge in [0, 0.05) is 37.9 Å². The number of nitrogens with zero attached hydrogens (tertiary/aromatic N) is 5. The molecule has 11 heteroatoms. The van der Waals surface area contributed by atoms with Crippen molar-refractivity contribution >= 4 is 24.7 Å². The van der Waals surface area contributed by atoms with Gasteiger partial charge in [-0.1, -0.05) is 0 Å². The molecule has 11 nitrogen and oxygen atoms in total. The molecule has 3 rings (SSSR count). The minimum absolute atomic E-state index is 0.250. The first kappa shape index (κ1) is 21.8. The quantitative estimate of drug-likeness (QED) is 0.533. The number of rotatable bonds is 3. The van der Waals surface area contributed by atoms with E-state index in [0.717, 1.165) is 42.4 Å². The second-order valence-electron chi connectivity index (χ2n) is 5.70. The van der Waals surface area contributed by atoms with Crippen molar-refractivity contribution in [1.29, 1.82) is 0 Å². The second-order valence-corrected chi connectivity index (χ2v) is 5.70. The second kappa shape index (κ2) is 10.7. The monoisotopic (exact) mass is 379 g/mol. The van der Waals surface area contributed by atoms with Crippen LogP contribution in [-0.2, 0) is 16.6 Å². The maximum Gasteiger partial charge on any atom is 0.290 e. The molecule has 0 saturated carbocycles. The molecule has 0 aromatic carbocycles. The fourth-order valence-electron chi connectivity index (χ4n) is 2.64. The van der Waals surface area contributed by atoms with E-state index in [9.17, 15) is 0 Å². The molecule has 0 bridgehead atoms. The summed E-state index contributed by atoms with van der Waals surface area (Å²) < 4.78 is 1.83. The Morgan fingerprint density at radius 3 is 2.33 bits per heavy atom. The van der Waals surface area contributed by atoms with E-state index in [2.05, 4.69) is 25.3 Å². The van der Waals surface area contributed by atoms with Crippen LogP contribution in [0.5, 0.6) is 0 Å². The van der Waals surface area contributed by atoms with E-state index in [1.54, 1.807) is 0 Å². The molecule has 27 heavy (non-hydrogen) atoms. The highest BCUT2D eigenvalue weighted by atomic mass is 16.3. The smallest absolute Gasteiger partial charge is 0.290 e. The Labute approximate surface area is 156 Å². The van der Waals surface area contributed by atoms with Crippen LogP contribution in [0.1, 0.15) is 12.1 Å². The van der Waals surface area contributed by atoms with Gasteiger partial charge >= 0.3 is 0 Å². The van der Waals surface area contributed by atoms with E-state index >= 15 is 0 Å². The highest BCUT2D eigenvalue weighted by molar-refractivity contribution is 5.61. The van der Waals surface area contributed by atoms with Gasteiger partial charge in [0.15, 0.2) is 0 Å². The number of anilines is 2. The van der Waals surface area contributed by atoms with Gasteiger partial charge in [-0.25, -0.2) is 4.98 Å². The number of hydrogen-bond acceptors (Lipinski definition) is 8. The summed E-state index contributed by atoms with van der Waals surface area (Å²) in [6.45, 7) is 3.43. The lowest BCUT2D eigenvalue weighted by atomic mass is 10.2. The highest BCUT2D eigenvalue weighted by Crippen LogP contribution is 2.24. The van der Waals surface area contributed by atoms with Gasteiger partial charge in [-0.2, -0.15) is 10.1 Å². The number of aryl methyl sites for hydroxylation is 2. The van der Waals surface area contributed by atoms with Crippen molar-refractivity contribution < 1.29 is 19.8 Å². The Morgan fingerprint density at radius 1 is 1.22 bits per heavy atom. The number of carbonyl (C=O) groups is 2. The van der Waals surface area contributed by atoms with Crippen LogP contribution in [0.3, 0.4) is 0 Å². The zero-order valence-electron chi connectivity index (χ0n) is 15.5. The number of nitrogens with two attached hydrogens (primary N) is 1. The van der Waals surface area contributed by atoms with Crippen molar-refractivity contribution in [3.8, 4) is 11.4 Å². The minimum Gasteiger partial charge on any atom is -0.483 e. The molecule has 1 fully saturated rings. The summed E-state index contributed by atoms with van der Waals surface area (Å²) >= 11 is 0. The van der Waals surface area contributed by atoms with Crippen molar-refractivity contribution in [3.63, 3.8) is 0 Å². The average molecular weight is 379 g/mol. The molecule has 0 radical (unpaired) electrons. The number of nitrogen functional groups attached to an aromatic ring is 1. The zero-order valence-corrected chi connectivity index (χ0v) is 15.5. The molecule has 1 aliphatic heterocycles. The predicted molar refractivity (Wildman–Crippen MR) is 100 cm³/mol. The summed E-state index contributed by atoms with van der Waals surface area (Å²) in [6, 6.07) is 4.48. The number of likely N-dealkylation sites (N-methyl/N-ethyl adjacent to an activating group) is 1. The third-order valence-corrected chi connectivity index (χ3v) is 4.03. The Hall–Kier alpha value is -3.21. The normalized spacial score (nSPS) is 15.2. The lowest BCUT2D eigenvalue weighted by Crippen LogP contribution is -2.30. The molecule has 1 atom stereocenters. The summed E-state index contributed by atoms with van der Waals surface area (Å²) in [4.78, 5) is 27.6. The lowest BCUT2D eigenvalue weighted by Gasteiger charge is -2.18. The Bertz CT molecular complexity index is 725. The molecule has 0 unspecified atom stereocenters. The van der Waals surface area contributed by atoms with Crippen LogP contribution in [0.2, 0.25) is 0 Å². The molecule has 0 spiro atoms. The predicted octanol–water partition coefficient (Wildman–Crippen LogP) is -0.0326. The molecule has 5 N–H and O–H groups in total. The molecule has 1 aliphatic rings. The summed E-state index contributed by atoms with van der Waals surface area (Å²) in [5.74, 6) is 1.16. The fraction of sp³-hybridized carbons (Fsp3) is 0.438. The van der Waals surface area contributed by atoms with Crippen LogP contribution in [0.15, 0.2) is 12.1 Å². The fourth-order valence-corrected chi connectivity index (χ4v) is 2.64. The van der Waals surface area contributed by atoms with E-state index in [-0.39, 0.29) is 12.9 Å². The van der Waals surface area contributed by atoms with Crippen molar-refractivity contribution in [3.05, 3.63) is 17.8 Å². The maximum absolute atomic E-state index is 8.36. The maximum atomic E-state index is 8.36. The van der Waals surface area contributed by atoms with Crippen molar-refractivity contribution in [2.45, 2.75) is 19.4 Å². The summed E-state index contributed by atoms with van der Waals surface area (Å²) in [6.07, 6.45) is 1.11. The molecule has 1 saturated heterocycles. The van der Waals surface area contributed by atoms with E-state index in [1.807, 2.05) is 37.8 Å². The summed E-state index contributed by atoms with van der Waals surface area (Å²) in [7, 11) is 3.91. The van der Waals surface area contributed by atoms with Crippen LogP contribution in [0.4, 0.5) is 11.8 Å². The Morgan fingerprint density at radius 2 is 1.85 bits per heavy atom. The third kappa shape index (κ3) is 6.22. The van der Waals surface area contributed by atoms with E-state index in [0.29, 0.717) is 12.0 Å². The molecule has 0 amide bonds. The van der Waals surface area contributed by atoms with Crippen LogP contribution < -0.4 is 16.0 Å². The Kier molecular flexibility index (Phi) is 8.66. The minimum atomic E-state index is -0.250. The first-order valence-electron chi connectivity index (χ1n) is 8.13. The Balaban J connectivity index is 0.000000540. The van der Waals surface area contributed by atoms with Crippen molar-refractivity contribution in [2.75, 3.05) is 30.8 Å². The third-order valence-electron chi connectivity index (χ3n) is 4.03. The largest absolute Gasteiger partial charge is 0.483 e. The molecule has 0 aliphatic carbocycles. The summed E-state index contributed by atoms with van der Waals surface area (Å²) in [5, 5.41) is 21.5. The van der Waals surface area contributed by atoms with Gasteiger partial charge in [-0.05, 0) is 26.5 Å². The first-order chi connectivity index (χ1) is 12.9. The van der Waals surface area contributed by atoms with E-state index in [4.69, 9.17) is 25.5 Å². The van der Waals surface area contributed by atoms with Crippen LogP contribution in [0, 0.1) is 6.92 Å². The van der Waals surface area contributed by atoms with Crippen molar-refractivity contribution in [1.82, 2.24) is 25.1 Å². The van der Waals surface area contributed by atoms with Gasteiger partial charge in [0.05, 0.1) is 5.69 Å². The highest BCUT2D eigenvalue weighted by Gasteiger charge is 2.23. The number of aromatic nitrogens is 4. The van der Waals surface area contributed by atoms with Crippen molar-refractivity contribution in [2.24, 2.45) is 7.05 Å². The van der Waals surface area contributed by atoms with Gasteiger partial charge < -0.3 is 26.2 Å². The number of hydrogen-bond donors (Lipinski definition) is 4. The SMILES string of the molecule is CN[C@@H]1CCN(c2cc(-c3cc(C)n(C)n3)nc(N)n2)C1.O=CO.O=CO. The van der Waals surface area contributed by atoms with Gasteiger partial charge in [0.2, 0.25) is 5.95 Å². The molecule has 148 valence electrons. The van der Waals surface area contributed by atoms with Gasteiger partial charge in [-0.15, -0.1) is 0 Å². The van der Waals surface area contributed by atoms with E-state index < -0.39 is 0 Å². The van der Waals surface area contributed by atoms with Crippen LogP contribution in [0.25, 0.3) is 11.4 Å². The number of nitrogens with one attached hydrogen (secondary N) is 1. The molecule has 2 aromatic heterocycles. The molecular formula is C16H25N7O4. The average Bonchev–Trinajstić information content (AvgIpc) is 3.23. The number of carboxylic acid groups (broad SMARTS) is 2. The van der Waals surface area contributed by atoms with Gasteiger partial charge in [0.25, 0.3) is 12.9 Å². The van der Waals surface area contributed by atoms with Gasteiger partial charge in [0.1, 0.15) is 11.5 Å². The van der Waals surface area contributed by atoms with Crippen LogP contribution >= 0.6 is 0 Å². The lowest BCUT2D eigenvalue weighted by molar-refractivity contribution is -0.123. The molecular weight excluding hydrogens is 354 g/mol. The van der Waals surface area contributed by atoms with Crippen LogP contribution in [-0.4, -0.2) is 69.1 Å². The molecule has 3 heterocycles. The topological polar surface area (TPSA) is 159 Å². The molecule has 2 aromatic rings.